The van der Waals surface area contributed by atoms with E-state index in [1.807, 2.05) is 24.3 Å². The van der Waals surface area contributed by atoms with Crippen LogP contribution in [0.15, 0.2) is 36.7 Å². The van der Waals surface area contributed by atoms with E-state index in [9.17, 15) is 4.79 Å². The summed E-state index contributed by atoms with van der Waals surface area (Å²) in [5.41, 5.74) is 1.69. The van der Waals surface area contributed by atoms with E-state index in [2.05, 4.69) is 25.4 Å². The predicted octanol–water partition coefficient (Wildman–Crippen LogP) is 1.76. The molecule has 0 aromatic carbocycles. The van der Waals surface area contributed by atoms with Gasteiger partial charge in [0, 0.05) is 44.9 Å². The second-order valence-electron chi connectivity index (χ2n) is 6.76. The number of aromatic nitrogens is 5. The topological polar surface area (TPSA) is 88.3 Å². The van der Waals surface area contributed by atoms with E-state index in [4.69, 9.17) is 5.10 Å². The highest BCUT2D eigenvalue weighted by Gasteiger charge is 2.15. The largest absolute Gasteiger partial charge is 0.355 e. The molecule has 3 aromatic heterocycles. The minimum atomic E-state index is -0.0252. The number of hydrogen-bond acceptors (Lipinski definition) is 6. The van der Waals surface area contributed by atoms with Gasteiger partial charge in [0.15, 0.2) is 11.5 Å². The molecule has 0 bridgehead atoms. The summed E-state index contributed by atoms with van der Waals surface area (Å²) in [6.45, 7) is 2.55. The molecule has 3 aromatic rings. The summed E-state index contributed by atoms with van der Waals surface area (Å²) in [5.74, 6) is 1.63. The van der Waals surface area contributed by atoms with Gasteiger partial charge in [0.1, 0.15) is 5.82 Å². The number of anilines is 1. The average molecular weight is 365 g/mol. The lowest BCUT2D eigenvalue weighted by atomic mass is 10.1. The number of nitrogens with one attached hydrogen (secondary N) is 1. The molecule has 4 rings (SSSR count). The summed E-state index contributed by atoms with van der Waals surface area (Å²) >= 11 is 0. The Bertz CT molecular complexity index is 903. The number of rotatable bonds is 6. The van der Waals surface area contributed by atoms with Gasteiger partial charge in [-0.2, -0.15) is 4.52 Å². The fourth-order valence-electron chi connectivity index (χ4n) is 3.29. The van der Waals surface area contributed by atoms with Crippen LogP contribution in [-0.2, 0) is 17.8 Å². The quantitative estimate of drug-likeness (QED) is 0.716. The van der Waals surface area contributed by atoms with Crippen molar-refractivity contribution in [3.63, 3.8) is 0 Å². The standard InChI is InChI=1S/C19H23N7O/c27-19(21-14-15-5-4-10-20-13-15)9-8-17-23-22-16-6-7-18(24-26(16)17)25-11-2-1-3-12-25/h4-7,10,13H,1-3,8-9,11-12,14H2,(H,21,27). The molecule has 8 nitrogen and oxygen atoms in total. The smallest absolute Gasteiger partial charge is 0.220 e. The zero-order valence-electron chi connectivity index (χ0n) is 15.2. The molecular weight excluding hydrogens is 342 g/mol. The van der Waals surface area contributed by atoms with Gasteiger partial charge >= 0.3 is 0 Å². The van der Waals surface area contributed by atoms with Crippen molar-refractivity contribution >= 4 is 17.4 Å². The fraction of sp³-hybridized carbons (Fsp3) is 0.421. The highest BCUT2D eigenvalue weighted by atomic mass is 16.1. The second-order valence-corrected chi connectivity index (χ2v) is 6.76. The summed E-state index contributed by atoms with van der Waals surface area (Å²) < 4.78 is 1.76. The summed E-state index contributed by atoms with van der Waals surface area (Å²) in [6.07, 6.45) is 7.99. The van der Waals surface area contributed by atoms with Crippen molar-refractivity contribution in [3.8, 4) is 0 Å². The number of carbonyl (C=O) groups is 1. The molecule has 1 saturated heterocycles. The number of amides is 1. The van der Waals surface area contributed by atoms with Crippen LogP contribution in [0.5, 0.6) is 0 Å². The van der Waals surface area contributed by atoms with E-state index in [0.29, 0.717) is 30.9 Å². The zero-order chi connectivity index (χ0) is 18.5. The van der Waals surface area contributed by atoms with E-state index < -0.39 is 0 Å². The van der Waals surface area contributed by atoms with Crippen molar-refractivity contribution in [3.05, 3.63) is 48.0 Å². The molecule has 0 aliphatic carbocycles. The number of hydrogen-bond donors (Lipinski definition) is 1. The maximum absolute atomic E-state index is 12.1. The first-order valence-electron chi connectivity index (χ1n) is 9.41. The van der Waals surface area contributed by atoms with Gasteiger partial charge in [-0.3, -0.25) is 9.78 Å². The molecule has 1 aliphatic rings. The molecule has 0 spiro atoms. The van der Waals surface area contributed by atoms with Crippen LogP contribution in [0, 0.1) is 0 Å². The first kappa shape index (κ1) is 17.4. The van der Waals surface area contributed by atoms with Crippen molar-refractivity contribution < 1.29 is 4.79 Å². The van der Waals surface area contributed by atoms with Crippen LogP contribution >= 0.6 is 0 Å². The van der Waals surface area contributed by atoms with E-state index >= 15 is 0 Å². The number of aryl methyl sites for hydroxylation is 1. The highest BCUT2D eigenvalue weighted by Crippen LogP contribution is 2.18. The van der Waals surface area contributed by atoms with Crippen LogP contribution in [0.2, 0.25) is 0 Å². The molecule has 27 heavy (non-hydrogen) atoms. The van der Waals surface area contributed by atoms with Crippen molar-refractivity contribution in [2.75, 3.05) is 18.0 Å². The Labute approximate surface area is 157 Å². The van der Waals surface area contributed by atoms with Crippen LogP contribution in [0.25, 0.3) is 5.65 Å². The van der Waals surface area contributed by atoms with Gasteiger partial charge in [-0.05, 0) is 43.0 Å². The first-order chi connectivity index (χ1) is 13.3. The van der Waals surface area contributed by atoms with E-state index in [1.54, 1.807) is 16.9 Å². The third-order valence-electron chi connectivity index (χ3n) is 4.78. The Morgan fingerprint density at radius 2 is 2.00 bits per heavy atom. The van der Waals surface area contributed by atoms with Gasteiger partial charge in [0.05, 0.1) is 0 Å². The Balaban J connectivity index is 1.38. The zero-order valence-corrected chi connectivity index (χ0v) is 15.2. The van der Waals surface area contributed by atoms with Crippen LogP contribution in [0.1, 0.15) is 37.1 Å². The number of nitrogens with zero attached hydrogens (tertiary/aromatic N) is 6. The molecule has 1 N–H and O–H groups in total. The van der Waals surface area contributed by atoms with E-state index in [1.165, 1.54) is 19.3 Å². The Morgan fingerprint density at radius 3 is 2.81 bits per heavy atom. The van der Waals surface area contributed by atoms with Crippen molar-refractivity contribution in [1.29, 1.82) is 0 Å². The second kappa shape index (κ2) is 8.11. The molecule has 0 radical (unpaired) electrons. The summed E-state index contributed by atoms with van der Waals surface area (Å²) in [7, 11) is 0. The lowest BCUT2D eigenvalue weighted by Crippen LogP contribution is -2.30. The van der Waals surface area contributed by atoms with Crippen molar-refractivity contribution in [2.24, 2.45) is 0 Å². The minimum Gasteiger partial charge on any atom is -0.355 e. The molecule has 0 saturated carbocycles. The summed E-state index contributed by atoms with van der Waals surface area (Å²) in [4.78, 5) is 18.5. The predicted molar refractivity (Wildman–Crippen MR) is 101 cm³/mol. The normalized spacial score (nSPS) is 14.4. The van der Waals surface area contributed by atoms with Crippen LogP contribution < -0.4 is 10.2 Å². The lowest BCUT2D eigenvalue weighted by molar-refractivity contribution is -0.121. The van der Waals surface area contributed by atoms with Gasteiger partial charge < -0.3 is 10.2 Å². The van der Waals surface area contributed by atoms with Crippen molar-refractivity contribution in [2.45, 2.75) is 38.6 Å². The Hall–Kier alpha value is -3.03. The van der Waals surface area contributed by atoms with Gasteiger partial charge in [-0.25, -0.2) is 0 Å². The molecule has 1 amide bonds. The van der Waals surface area contributed by atoms with E-state index in [0.717, 1.165) is 24.5 Å². The molecular formula is C19H23N7O. The van der Waals surface area contributed by atoms with Gasteiger partial charge in [0.2, 0.25) is 5.91 Å². The average Bonchev–Trinajstić information content (AvgIpc) is 3.14. The molecule has 0 atom stereocenters. The van der Waals surface area contributed by atoms with Crippen LogP contribution in [-0.4, -0.2) is 43.8 Å². The number of piperidine rings is 1. The molecule has 140 valence electrons. The van der Waals surface area contributed by atoms with Crippen molar-refractivity contribution in [1.82, 2.24) is 30.1 Å². The molecule has 8 heteroatoms. The molecule has 1 aliphatic heterocycles. The molecule has 1 fully saturated rings. The van der Waals surface area contributed by atoms with Gasteiger partial charge in [-0.15, -0.1) is 15.3 Å². The highest BCUT2D eigenvalue weighted by molar-refractivity contribution is 5.76. The summed E-state index contributed by atoms with van der Waals surface area (Å²) in [6, 6.07) is 7.73. The number of pyridine rings is 1. The fourth-order valence-corrected chi connectivity index (χ4v) is 3.29. The lowest BCUT2D eigenvalue weighted by Gasteiger charge is -2.27. The maximum Gasteiger partial charge on any atom is 0.220 e. The number of fused-ring (bicyclic) bond motifs is 1. The van der Waals surface area contributed by atoms with Crippen LogP contribution in [0.3, 0.4) is 0 Å². The maximum atomic E-state index is 12.1. The summed E-state index contributed by atoms with van der Waals surface area (Å²) in [5, 5.41) is 16.0. The molecule has 4 heterocycles. The van der Waals surface area contributed by atoms with E-state index in [-0.39, 0.29) is 5.91 Å². The third kappa shape index (κ3) is 4.21. The Morgan fingerprint density at radius 1 is 1.11 bits per heavy atom. The third-order valence-corrected chi connectivity index (χ3v) is 4.78. The van der Waals surface area contributed by atoms with Gasteiger partial charge in [-0.1, -0.05) is 6.07 Å². The number of carbonyl (C=O) groups excluding carboxylic acids is 1. The van der Waals surface area contributed by atoms with Crippen LogP contribution in [0.4, 0.5) is 5.82 Å². The van der Waals surface area contributed by atoms with Gasteiger partial charge in [0.25, 0.3) is 0 Å². The first-order valence-corrected chi connectivity index (χ1v) is 9.41. The molecule has 0 unspecified atom stereocenters. The SMILES string of the molecule is O=C(CCc1nnc2ccc(N3CCCCC3)nn12)NCc1cccnc1. The minimum absolute atomic E-state index is 0.0252. The monoisotopic (exact) mass is 365 g/mol. The Kier molecular flexibility index (Phi) is 5.22.